The highest BCUT2D eigenvalue weighted by Crippen LogP contribution is 2.14. The Morgan fingerprint density at radius 2 is 2.27 bits per heavy atom. The topological polar surface area (TPSA) is 29.1 Å². The molecule has 1 amide bonds. The molecule has 0 aliphatic rings. The fraction of sp³-hybridized carbons (Fsp3) is 0.100. The van der Waals surface area contributed by atoms with Crippen LogP contribution in [-0.4, -0.2) is 12.5 Å². The van der Waals surface area contributed by atoms with Gasteiger partial charge in [0.05, 0.1) is 5.56 Å². The third-order valence-corrected chi connectivity index (χ3v) is 2.13. The Morgan fingerprint density at radius 1 is 1.60 bits per heavy atom. The highest BCUT2D eigenvalue weighted by molar-refractivity contribution is 9.11. The number of nitrogens with one attached hydrogen (secondary N) is 1. The maximum atomic E-state index is 13.2. The maximum Gasteiger partial charge on any atom is 0.254 e. The Hall–Kier alpha value is -0.870. The fourth-order valence-electron chi connectivity index (χ4n) is 0.945. The third kappa shape index (κ3) is 3.64. The number of amides is 1. The van der Waals surface area contributed by atoms with Crippen LogP contribution in [0.2, 0.25) is 5.02 Å². The van der Waals surface area contributed by atoms with Gasteiger partial charge in [-0.15, -0.1) is 0 Å². The summed E-state index contributed by atoms with van der Waals surface area (Å²) in [5.74, 6) is -1.13. The van der Waals surface area contributed by atoms with Gasteiger partial charge in [-0.2, -0.15) is 0 Å². The number of carbonyl (C=O) groups is 1. The molecule has 1 aromatic rings. The van der Waals surface area contributed by atoms with Gasteiger partial charge in [0.15, 0.2) is 0 Å². The Bertz CT molecular complexity index is 408. The number of rotatable bonds is 3. The second kappa shape index (κ2) is 5.28. The molecule has 0 aliphatic heterocycles. The van der Waals surface area contributed by atoms with Crippen LogP contribution in [0.5, 0.6) is 0 Å². The van der Waals surface area contributed by atoms with Gasteiger partial charge in [-0.05, 0) is 18.2 Å². The van der Waals surface area contributed by atoms with Crippen LogP contribution in [0.3, 0.4) is 0 Å². The van der Waals surface area contributed by atoms with Crippen LogP contribution in [0.15, 0.2) is 29.3 Å². The summed E-state index contributed by atoms with van der Waals surface area (Å²) in [6, 6.07) is 3.89. The molecule has 5 heteroatoms. The van der Waals surface area contributed by atoms with Crippen LogP contribution in [-0.2, 0) is 0 Å². The van der Waals surface area contributed by atoms with Crippen molar-refractivity contribution in [3.63, 3.8) is 0 Å². The zero-order valence-electron chi connectivity index (χ0n) is 7.69. The van der Waals surface area contributed by atoms with E-state index < -0.39 is 11.7 Å². The highest BCUT2D eigenvalue weighted by atomic mass is 79.9. The number of hydrogen-bond donors (Lipinski definition) is 1. The zero-order valence-corrected chi connectivity index (χ0v) is 10.0. The van der Waals surface area contributed by atoms with Crippen LogP contribution in [0.1, 0.15) is 10.4 Å². The Balaban J connectivity index is 2.78. The molecule has 1 aromatic carbocycles. The van der Waals surface area contributed by atoms with Crippen molar-refractivity contribution >= 4 is 33.4 Å². The van der Waals surface area contributed by atoms with E-state index in [2.05, 4.69) is 27.8 Å². The normalized spacial score (nSPS) is 9.80. The van der Waals surface area contributed by atoms with E-state index in [0.717, 1.165) is 6.07 Å². The van der Waals surface area contributed by atoms with Crippen LogP contribution < -0.4 is 5.32 Å². The summed E-state index contributed by atoms with van der Waals surface area (Å²) in [5, 5.41) is 2.75. The lowest BCUT2D eigenvalue weighted by atomic mass is 10.2. The van der Waals surface area contributed by atoms with E-state index in [1.165, 1.54) is 12.1 Å². The molecule has 2 nitrogen and oxygen atoms in total. The molecular formula is C10H8BrClFNO. The molecule has 15 heavy (non-hydrogen) atoms. The minimum atomic E-state index is -0.639. The van der Waals surface area contributed by atoms with Gasteiger partial charge in [-0.1, -0.05) is 34.1 Å². The molecule has 0 bridgehead atoms. The molecule has 0 aromatic heterocycles. The number of carbonyl (C=O) groups excluding carboxylic acids is 1. The number of hydrogen-bond acceptors (Lipinski definition) is 1. The first-order chi connectivity index (χ1) is 7.00. The van der Waals surface area contributed by atoms with Crippen molar-refractivity contribution in [2.45, 2.75) is 0 Å². The van der Waals surface area contributed by atoms with E-state index in [4.69, 9.17) is 11.6 Å². The van der Waals surface area contributed by atoms with Gasteiger partial charge in [0.1, 0.15) is 5.82 Å². The first-order valence-corrected chi connectivity index (χ1v) is 5.24. The van der Waals surface area contributed by atoms with Crippen molar-refractivity contribution in [1.29, 1.82) is 0 Å². The summed E-state index contributed by atoms with van der Waals surface area (Å²) in [6.45, 7) is 3.80. The second-order valence-corrected chi connectivity index (χ2v) is 4.38. The van der Waals surface area contributed by atoms with Crippen molar-refractivity contribution < 1.29 is 9.18 Å². The van der Waals surface area contributed by atoms with Crippen LogP contribution in [0.4, 0.5) is 4.39 Å². The average Bonchev–Trinajstić information content (AvgIpc) is 2.14. The van der Waals surface area contributed by atoms with Crippen LogP contribution >= 0.6 is 27.5 Å². The van der Waals surface area contributed by atoms with Crippen molar-refractivity contribution in [1.82, 2.24) is 5.32 Å². The van der Waals surface area contributed by atoms with E-state index in [0.29, 0.717) is 4.48 Å². The molecule has 0 unspecified atom stereocenters. The van der Waals surface area contributed by atoms with E-state index in [1.807, 2.05) is 0 Å². The van der Waals surface area contributed by atoms with Gasteiger partial charge in [0, 0.05) is 16.0 Å². The Kier molecular flexibility index (Phi) is 4.29. The quantitative estimate of drug-likeness (QED) is 0.911. The monoisotopic (exact) mass is 291 g/mol. The Morgan fingerprint density at radius 3 is 2.80 bits per heavy atom. The second-order valence-electron chi connectivity index (χ2n) is 2.82. The van der Waals surface area contributed by atoms with E-state index in [1.54, 1.807) is 0 Å². The molecule has 0 saturated carbocycles. The lowest BCUT2D eigenvalue weighted by Crippen LogP contribution is -2.25. The minimum absolute atomic E-state index is 0.0341. The summed E-state index contributed by atoms with van der Waals surface area (Å²) >= 11 is 8.64. The van der Waals surface area contributed by atoms with Gasteiger partial charge in [-0.3, -0.25) is 4.79 Å². The molecule has 0 saturated heterocycles. The molecule has 0 spiro atoms. The van der Waals surface area contributed by atoms with Crippen LogP contribution in [0, 0.1) is 5.82 Å². The molecule has 0 heterocycles. The summed E-state index contributed by atoms with van der Waals surface area (Å²) < 4.78 is 13.9. The molecule has 0 aliphatic carbocycles. The molecule has 80 valence electrons. The third-order valence-electron chi connectivity index (χ3n) is 1.62. The van der Waals surface area contributed by atoms with E-state index in [9.17, 15) is 9.18 Å². The van der Waals surface area contributed by atoms with Gasteiger partial charge in [0.25, 0.3) is 5.91 Å². The summed E-state index contributed by atoms with van der Waals surface area (Å²) in [7, 11) is 0. The number of benzene rings is 1. The van der Waals surface area contributed by atoms with E-state index >= 15 is 0 Å². The summed E-state index contributed by atoms with van der Waals surface area (Å²) in [4.78, 5) is 11.4. The predicted octanol–water partition coefficient (Wildman–Crippen LogP) is 3.12. The van der Waals surface area contributed by atoms with Gasteiger partial charge >= 0.3 is 0 Å². The molecule has 0 fully saturated rings. The minimum Gasteiger partial charge on any atom is -0.347 e. The Labute approximate surface area is 100 Å². The smallest absolute Gasteiger partial charge is 0.254 e. The largest absolute Gasteiger partial charge is 0.347 e. The fourth-order valence-corrected chi connectivity index (χ4v) is 1.24. The predicted molar refractivity (Wildman–Crippen MR) is 61.8 cm³/mol. The molecule has 1 N–H and O–H groups in total. The SMILES string of the molecule is C=C(Br)CNC(=O)c1ccc(Cl)cc1F. The lowest BCUT2D eigenvalue weighted by molar-refractivity contribution is 0.0954. The van der Waals surface area contributed by atoms with Gasteiger partial charge in [0.2, 0.25) is 0 Å². The summed E-state index contributed by atoms with van der Waals surface area (Å²) in [5.41, 5.74) is -0.0341. The molecular weight excluding hydrogens is 284 g/mol. The molecule has 0 radical (unpaired) electrons. The standard InChI is InChI=1S/C10H8BrClFNO/c1-6(11)5-14-10(15)8-3-2-7(12)4-9(8)13/h2-4H,1,5H2,(H,14,15). The zero-order chi connectivity index (χ0) is 11.4. The molecule has 0 atom stereocenters. The van der Waals surface area contributed by atoms with Crippen molar-refractivity contribution in [2.24, 2.45) is 0 Å². The highest BCUT2D eigenvalue weighted by Gasteiger charge is 2.11. The van der Waals surface area contributed by atoms with Crippen molar-refractivity contribution in [3.05, 3.63) is 45.7 Å². The summed E-state index contributed by atoms with van der Waals surface area (Å²) in [6.07, 6.45) is 0. The average molecular weight is 293 g/mol. The first kappa shape index (κ1) is 12.2. The number of halogens is 3. The first-order valence-electron chi connectivity index (χ1n) is 4.07. The molecule has 1 rings (SSSR count). The van der Waals surface area contributed by atoms with Crippen molar-refractivity contribution in [2.75, 3.05) is 6.54 Å². The van der Waals surface area contributed by atoms with Gasteiger partial charge in [-0.25, -0.2) is 4.39 Å². The van der Waals surface area contributed by atoms with Gasteiger partial charge < -0.3 is 5.32 Å². The lowest BCUT2D eigenvalue weighted by Gasteiger charge is -2.05. The van der Waals surface area contributed by atoms with Crippen molar-refractivity contribution in [3.8, 4) is 0 Å². The maximum absolute atomic E-state index is 13.2. The van der Waals surface area contributed by atoms with Crippen LogP contribution in [0.25, 0.3) is 0 Å². The van der Waals surface area contributed by atoms with E-state index in [-0.39, 0.29) is 17.1 Å².